The summed E-state index contributed by atoms with van der Waals surface area (Å²) in [6.45, 7) is 12.9. The molecule has 0 saturated heterocycles. The zero-order chi connectivity index (χ0) is 21.1. The van der Waals surface area contributed by atoms with Crippen LogP contribution in [0.15, 0.2) is 0 Å². The molecule has 0 aromatic heterocycles. The van der Waals surface area contributed by atoms with Gasteiger partial charge < -0.3 is 9.68 Å². The van der Waals surface area contributed by atoms with Gasteiger partial charge in [-0.25, -0.2) is 0 Å². The van der Waals surface area contributed by atoms with Gasteiger partial charge in [-0.05, 0) is 72.0 Å². The first-order valence-corrected chi connectivity index (χ1v) is 10.3. The van der Waals surface area contributed by atoms with Crippen molar-refractivity contribution in [3.63, 3.8) is 0 Å². The minimum absolute atomic E-state index is 0.0290. The van der Waals surface area contributed by atoms with E-state index in [1.807, 2.05) is 0 Å². The lowest BCUT2D eigenvalue weighted by molar-refractivity contribution is -0.776. The molecule has 8 heteroatoms. The van der Waals surface area contributed by atoms with E-state index in [2.05, 4.69) is 41.5 Å². The molecule has 0 amide bonds. The van der Waals surface area contributed by atoms with Crippen molar-refractivity contribution in [3.8, 4) is 0 Å². The van der Waals surface area contributed by atoms with Crippen LogP contribution in [0, 0.1) is 53.7 Å². The van der Waals surface area contributed by atoms with Crippen molar-refractivity contribution < 1.29 is 19.8 Å². The van der Waals surface area contributed by atoms with Crippen molar-refractivity contribution in [2.24, 2.45) is 33.5 Å². The minimum Gasteiger partial charge on any atom is -0.310 e. The topological polar surface area (TPSA) is 105 Å². The Morgan fingerprint density at radius 2 is 1.43 bits per heavy atom. The molecule has 6 atom stereocenters. The molecule has 0 heterocycles. The van der Waals surface area contributed by atoms with E-state index >= 15 is 0 Å². The summed E-state index contributed by atoms with van der Waals surface area (Å²) in [5.74, 6) is 1.19. The van der Waals surface area contributed by atoms with E-state index in [0.717, 1.165) is 32.1 Å². The van der Waals surface area contributed by atoms with Gasteiger partial charge in [0.1, 0.15) is 12.2 Å². The SMILES string of the molecule is CC1(C)CC2(C)CC1CC2O[N+](=O)[O-].CC12CCC(C1)C(C)(C)C2O[N+](=O)[O-]. The zero-order valence-corrected chi connectivity index (χ0v) is 17.9. The molecule has 4 fully saturated rings. The van der Waals surface area contributed by atoms with Crippen LogP contribution in [0.4, 0.5) is 0 Å². The Kier molecular flexibility index (Phi) is 4.87. The van der Waals surface area contributed by atoms with E-state index in [0.29, 0.717) is 17.3 Å². The smallest absolute Gasteiger partial charge is 0.294 e. The molecule has 4 aliphatic rings. The fraction of sp³-hybridized carbons (Fsp3) is 1.00. The number of fused-ring (bicyclic) bond motifs is 4. The van der Waals surface area contributed by atoms with Crippen LogP contribution in [0.1, 0.15) is 80.1 Å². The third-order valence-corrected chi connectivity index (χ3v) is 8.50. The molecule has 0 spiro atoms. The molecule has 0 aromatic rings. The van der Waals surface area contributed by atoms with Crippen LogP contribution >= 0.6 is 0 Å². The van der Waals surface area contributed by atoms with Crippen molar-refractivity contribution in [3.05, 3.63) is 20.2 Å². The highest BCUT2D eigenvalue weighted by Gasteiger charge is 2.61. The molecule has 28 heavy (non-hydrogen) atoms. The van der Waals surface area contributed by atoms with Crippen LogP contribution in [0.25, 0.3) is 0 Å². The van der Waals surface area contributed by atoms with E-state index < -0.39 is 10.2 Å². The van der Waals surface area contributed by atoms with Crippen LogP contribution in [0.5, 0.6) is 0 Å². The summed E-state index contributed by atoms with van der Waals surface area (Å²) in [6.07, 6.45) is 5.94. The normalized spacial score (nSPS) is 43.9. The summed E-state index contributed by atoms with van der Waals surface area (Å²) < 4.78 is 0. The molecule has 4 saturated carbocycles. The third-order valence-electron chi connectivity index (χ3n) is 8.50. The molecule has 160 valence electrons. The van der Waals surface area contributed by atoms with Gasteiger partial charge in [-0.1, -0.05) is 41.5 Å². The van der Waals surface area contributed by atoms with Gasteiger partial charge in [-0.2, -0.15) is 0 Å². The van der Waals surface area contributed by atoms with E-state index in [-0.39, 0.29) is 28.5 Å². The molecule has 6 unspecified atom stereocenters. The predicted octanol–water partition coefficient (Wildman–Crippen LogP) is 4.82. The van der Waals surface area contributed by atoms with Gasteiger partial charge >= 0.3 is 0 Å². The molecular formula is C20H34N2O6. The van der Waals surface area contributed by atoms with Gasteiger partial charge in [0.05, 0.1) is 0 Å². The summed E-state index contributed by atoms with van der Waals surface area (Å²) in [7, 11) is 0. The standard InChI is InChI=1S/2C10H17NO3/c1-9(2)6-10(3)5-7(9)4-8(10)14-11(12)13;1-9(2)7-4-5-10(3,6-7)8(9)14-11(12)13/h2*7-8H,4-6H2,1-3H3. The second kappa shape index (κ2) is 6.46. The number of nitrogens with zero attached hydrogens (tertiary/aromatic N) is 2. The Morgan fingerprint density at radius 1 is 0.857 bits per heavy atom. The summed E-state index contributed by atoms with van der Waals surface area (Å²) in [4.78, 5) is 30.4. The molecule has 4 bridgehead atoms. The van der Waals surface area contributed by atoms with E-state index in [1.54, 1.807) is 0 Å². The van der Waals surface area contributed by atoms with Crippen molar-refractivity contribution in [1.29, 1.82) is 0 Å². The highest BCUT2D eigenvalue weighted by atomic mass is 17.0. The summed E-state index contributed by atoms with van der Waals surface area (Å²) in [5.41, 5.74) is 0.355. The molecule has 0 aliphatic heterocycles. The molecule has 8 nitrogen and oxygen atoms in total. The van der Waals surface area contributed by atoms with Crippen LogP contribution in [-0.4, -0.2) is 22.4 Å². The van der Waals surface area contributed by atoms with Gasteiger partial charge in [0.15, 0.2) is 0 Å². The fourth-order valence-corrected chi connectivity index (χ4v) is 7.17. The molecule has 0 aromatic carbocycles. The van der Waals surface area contributed by atoms with E-state index in [1.165, 1.54) is 6.42 Å². The van der Waals surface area contributed by atoms with Crippen LogP contribution in [0.2, 0.25) is 0 Å². The maximum atomic E-state index is 10.4. The predicted molar refractivity (Wildman–Crippen MR) is 102 cm³/mol. The molecule has 4 aliphatic carbocycles. The zero-order valence-electron chi connectivity index (χ0n) is 17.9. The van der Waals surface area contributed by atoms with Crippen molar-refractivity contribution in [2.45, 2.75) is 92.3 Å². The maximum Gasteiger partial charge on any atom is 0.294 e. The van der Waals surface area contributed by atoms with Crippen molar-refractivity contribution >= 4 is 0 Å². The van der Waals surface area contributed by atoms with Crippen molar-refractivity contribution in [1.82, 2.24) is 0 Å². The first kappa shape index (κ1) is 21.1. The van der Waals surface area contributed by atoms with E-state index in [4.69, 9.17) is 9.68 Å². The average molecular weight is 399 g/mol. The lowest BCUT2D eigenvalue weighted by Crippen LogP contribution is -2.43. The molecular weight excluding hydrogens is 364 g/mol. The van der Waals surface area contributed by atoms with Crippen LogP contribution in [-0.2, 0) is 9.68 Å². The Hall–Kier alpha value is -1.60. The van der Waals surface area contributed by atoms with Gasteiger partial charge in [-0.15, -0.1) is 20.2 Å². The highest BCUT2D eigenvalue weighted by Crippen LogP contribution is 2.64. The van der Waals surface area contributed by atoms with Gasteiger partial charge in [0, 0.05) is 0 Å². The number of hydrogen-bond acceptors (Lipinski definition) is 6. The monoisotopic (exact) mass is 398 g/mol. The largest absolute Gasteiger partial charge is 0.310 e. The number of rotatable bonds is 4. The Labute approximate surface area is 166 Å². The van der Waals surface area contributed by atoms with E-state index in [9.17, 15) is 20.2 Å². The maximum absolute atomic E-state index is 10.4. The highest BCUT2D eigenvalue weighted by molar-refractivity contribution is 5.09. The average Bonchev–Trinajstić information content (AvgIpc) is 3.16. The summed E-state index contributed by atoms with van der Waals surface area (Å²) >= 11 is 0. The lowest BCUT2D eigenvalue weighted by Gasteiger charge is -2.40. The Balaban J connectivity index is 0.000000161. The molecule has 0 radical (unpaired) electrons. The van der Waals surface area contributed by atoms with Crippen LogP contribution in [0.3, 0.4) is 0 Å². The van der Waals surface area contributed by atoms with Crippen molar-refractivity contribution in [2.75, 3.05) is 0 Å². The first-order valence-electron chi connectivity index (χ1n) is 10.3. The molecule has 0 N–H and O–H groups in total. The van der Waals surface area contributed by atoms with Gasteiger partial charge in [0.25, 0.3) is 10.2 Å². The quantitative estimate of drug-likeness (QED) is 0.496. The molecule has 4 rings (SSSR count). The van der Waals surface area contributed by atoms with Gasteiger partial charge in [0.2, 0.25) is 0 Å². The Morgan fingerprint density at radius 3 is 1.82 bits per heavy atom. The third kappa shape index (κ3) is 3.43. The Bertz CT molecular complexity index is 656. The van der Waals surface area contributed by atoms with Crippen LogP contribution < -0.4 is 0 Å². The first-order chi connectivity index (χ1) is 12.7. The lowest BCUT2D eigenvalue weighted by atomic mass is 9.70. The second-order valence-corrected chi connectivity index (χ2v) is 11.4. The summed E-state index contributed by atoms with van der Waals surface area (Å²) in [6, 6.07) is 0. The van der Waals surface area contributed by atoms with Gasteiger partial charge in [-0.3, -0.25) is 0 Å². The summed E-state index contributed by atoms with van der Waals surface area (Å²) in [5, 5.41) is 19.5. The number of hydrogen-bond donors (Lipinski definition) is 0. The minimum atomic E-state index is -0.635. The second-order valence-electron chi connectivity index (χ2n) is 11.4. The fourth-order valence-electron chi connectivity index (χ4n) is 7.17.